The highest BCUT2D eigenvalue weighted by molar-refractivity contribution is 5.98. The van der Waals surface area contributed by atoms with Crippen molar-refractivity contribution in [1.82, 2.24) is 9.97 Å². The van der Waals surface area contributed by atoms with Gasteiger partial charge in [-0.3, -0.25) is 9.97 Å². The maximum Gasteiger partial charge on any atom is 0.0723 e. The number of hydrogen-bond acceptors (Lipinski definition) is 3. The number of aryl methyl sites for hydroxylation is 1. The zero-order valence-corrected chi connectivity index (χ0v) is 10.8. The smallest absolute Gasteiger partial charge is 0.0723 e. The molecule has 3 heteroatoms. The van der Waals surface area contributed by atoms with Crippen molar-refractivity contribution in [3.63, 3.8) is 0 Å². The maximum atomic E-state index is 5.80. The lowest BCUT2D eigenvalue weighted by Crippen LogP contribution is -2.02. The van der Waals surface area contributed by atoms with Crippen LogP contribution in [0.1, 0.15) is 11.3 Å². The second-order valence-electron chi connectivity index (χ2n) is 4.54. The van der Waals surface area contributed by atoms with E-state index in [4.69, 9.17) is 5.73 Å². The monoisotopic (exact) mass is 249 g/mol. The van der Waals surface area contributed by atoms with Crippen molar-refractivity contribution in [2.24, 2.45) is 5.73 Å². The van der Waals surface area contributed by atoms with Gasteiger partial charge in [0.25, 0.3) is 0 Å². The summed E-state index contributed by atoms with van der Waals surface area (Å²) in [6.45, 7) is 2.54. The van der Waals surface area contributed by atoms with Crippen LogP contribution >= 0.6 is 0 Å². The Morgan fingerprint density at radius 3 is 2.68 bits per heavy atom. The number of aromatic nitrogens is 2. The zero-order valence-electron chi connectivity index (χ0n) is 10.8. The SMILES string of the molecule is Cc1cccc2c(-c3ccccn3)cnc(CN)c12. The number of pyridine rings is 2. The molecule has 0 aliphatic carbocycles. The van der Waals surface area contributed by atoms with E-state index in [0.29, 0.717) is 6.54 Å². The van der Waals surface area contributed by atoms with Crippen LogP contribution in [0.4, 0.5) is 0 Å². The molecule has 19 heavy (non-hydrogen) atoms. The molecule has 2 heterocycles. The summed E-state index contributed by atoms with van der Waals surface area (Å²) in [5, 5.41) is 2.31. The van der Waals surface area contributed by atoms with Crippen LogP contribution in [0.3, 0.4) is 0 Å². The van der Waals surface area contributed by atoms with Crippen LogP contribution in [0.5, 0.6) is 0 Å². The fourth-order valence-electron chi connectivity index (χ4n) is 2.43. The molecule has 0 atom stereocenters. The van der Waals surface area contributed by atoms with Crippen molar-refractivity contribution in [1.29, 1.82) is 0 Å². The molecule has 3 rings (SSSR count). The van der Waals surface area contributed by atoms with Gasteiger partial charge in [0, 0.05) is 29.9 Å². The number of nitrogens with two attached hydrogens (primary N) is 1. The van der Waals surface area contributed by atoms with Gasteiger partial charge in [-0.15, -0.1) is 0 Å². The van der Waals surface area contributed by atoms with Crippen LogP contribution < -0.4 is 5.73 Å². The fraction of sp³-hybridized carbons (Fsp3) is 0.125. The lowest BCUT2D eigenvalue weighted by molar-refractivity contribution is 1.01. The molecule has 94 valence electrons. The third-order valence-electron chi connectivity index (χ3n) is 3.34. The summed E-state index contributed by atoms with van der Waals surface area (Å²) >= 11 is 0. The van der Waals surface area contributed by atoms with Crippen molar-refractivity contribution < 1.29 is 0 Å². The molecule has 0 aliphatic rings. The zero-order chi connectivity index (χ0) is 13.2. The van der Waals surface area contributed by atoms with Crippen molar-refractivity contribution in [2.75, 3.05) is 0 Å². The van der Waals surface area contributed by atoms with Crippen LogP contribution in [0, 0.1) is 6.92 Å². The lowest BCUT2D eigenvalue weighted by atomic mass is 9.99. The normalized spacial score (nSPS) is 10.8. The number of nitrogens with zero attached hydrogens (tertiary/aromatic N) is 2. The average Bonchev–Trinajstić information content (AvgIpc) is 2.47. The number of rotatable bonds is 2. The first-order chi connectivity index (χ1) is 9.31. The molecular formula is C16H15N3. The lowest BCUT2D eigenvalue weighted by Gasteiger charge is -2.11. The quantitative estimate of drug-likeness (QED) is 0.759. The van der Waals surface area contributed by atoms with Crippen LogP contribution in [-0.2, 0) is 6.54 Å². The molecule has 0 radical (unpaired) electrons. The van der Waals surface area contributed by atoms with E-state index < -0.39 is 0 Å². The van der Waals surface area contributed by atoms with Gasteiger partial charge in [0.05, 0.1) is 11.4 Å². The highest BCUT2D eigenvalue weighted by Crippen LogP contribution is 2.30. The predicted molar refractivity (Wildman–Crippen MR) is 77.6 cm³/mol. The summed E-state index contributed by atoms with van der Waals surface area (Å²) in [5.74, 6) is 0. The molecule has 3 aromatic rings. The van der Waals surface area contributed by atoms with E-state index in [1.54, 1.807) is 6.20 Å². The van der Waals surface area contributed by atoms with Crippen molar-refractivity contribution in [3.05, 3.63) is 60.0 Å². The highest BCUT2D eigenvalue weighted by atomic mass is 14.7. The molecule has 2 N–H and O–H groups in total. The molecule has 2 aromatic heterocycles. The molecule has 1 aromatic carbocycles. The predicted octanol–water partition coefficient (Wildman–Crippen LogP) is 3.06. The molecule has 0 fully saturated rings. The first kappa shape index (κ1) is 11.8. The van der Waals surface area contributed by atoms with E-state index in [-0.39, 0.29) is 0 Å². The summed E-state index contributed by atoms with van der Waals surface area (Å²) in [6.07, 6.45) is 3.67. The largest absolute Gasteiger partial charge is 0.325 e. The minimum absolute atomic E-state index is 0.448. The molecule has 0 unspecified atom stereocenters. The Balaban J connectivity index is 2.37. The Bertz CT molecular complexity index is 721. The summed E-state index contributed by atoms with van der Waals surface area (Å²) < 4.78 is 0. The van der Waals surface area contributed by atoms with Crippen molar-refractivity contribution in [3.8, 4) is 11.3 Å². The summed E-state index contributed by atoms with van der Waals surface area (Å²) in [4.78, 5) is 8.91. The highest BCUT2D eigenvalue weighted by Gasteiger charge is 2.10. The molecule has 0 bridgehead atoms. The van der Waals surface area contributed by atoms with Gasteiger partial charge in [-0.1, -0.05) is 24.3 Å². The van der Waals surface area contributed by atoms with Crippen LogP contribution in [-0.4, -0.2) is 9.97 Å². The van der Waals surface area contributed by atoms with Gasteiger partial charge < -0.3 is 5.73 Å². The van der Waals surface area contributed by atoms with Gasteiger partial charge in [-0.2, -0.15) is 0 Å². The molecule has 0 saturated heterocycles. The molecule has 0 spiro atoms. The van der Waals surface area contributed by atoms with Crippen LogP contribution in [0.15, 0.2) is 48.8 Å². The number of hydrogen-bond donors (Lipinski definition) is 1. The summed E-state index contributed by atoms with van der Waals surface area (Å²) in [6, 6.07) is 12.2. The van der Waals surface area contributed by atoms with E-state index in [0.717, 1.165) is 27.7 Å². The average molecular weight is 249 g/mol. The van der Waals surface area contributed by atoms with Crippen molar-refractivity contribution in [2.45, 2.75) is 13.5 Å². The summed E-state index contributed by atoms with van der Waals surface area (Å²) in [7, 11) is 0. The van der Waals surface area contributed by atoms with Crippen LogP contribution in [0.25, 0.3) is 22.0 Å². The Kier molecular flexibility index (Phi) is 2.97. The standard InChI is InChI=1S/C16H15N3/c1-11-5-4-6-12-13(14-7-2-3-8-18-14)10-19-15(9-17)16(11)12/h2-8,10H,9,17H2,1H3. The van der Waals surface area contributed by atoms with E-state index >= 15 is 0 Å². The van der Waals surface area contributed by atoms with Gasteiger partial charge in [-0.05, 0) is 30.0 Å². The minimum atomic E-state index is 0.448. The molecule has 0 amide bonds. The Morgan fingerprint density at radius 2 is 1.95 bits per heavy atom. The van der Waals surface area contributed by atoms with E-state index in [2.05, 4.69) is 35.1 Å². The topological polar surface area (TPSA) is 51.8 Å². The van der Waals surface area contributed by atoms with Crippen molar-refractivity contribution >= 4 is 10.8 Å². The molecule has 0 aliphatic heterocycles. The first-order valence-corrected chi connectivity index (χ1v) is 6.30. The number of fused-ring (bicyclic) bond motifs is 1. The minimum Gasteiger partial charge on any atom is -0.325 e. The maximum absolute atomic E-state index is 5.80. The van der Waals surface area contributed by atoms with Gasteiger partial charge in [0.1, 0.15) is 0 Å². The fourth-order valence-corrected chi connectivity index (χ4v) is 2.43. The Hall–Kier alpha value is -2.26. The van der Waals surface area contributed by atoms with Crippen LogP contribution in [0.2, 0.25) is 0 Å². The Morgan fingerprint density at radius 1 is 1.05 bits per heavy atom. The number of benzene rings is 1. The van der Waals surface area contributed by atoms with E-state index in [9.17, 15) is 0 Å². The molecule has 0 saturated carbocycles. The first-order valence-electron chi connectivity index (χ1n) is 6.30. The summed E-state index contributed by atoms with van der Waals surface area (Å²) in [5.41, 5.74) is 9.92. The second-order valence-corrected chi connectivity index (χ2v) is 4.54. The van der Waals surface area contributed by atoms with E-state index in [1.165, 1.54) is 5.56 Å². The third kappa shape index (κ3) is 1.98. The van der Waals surface area contributed by atoms with Gasteiger partial charge in [0.15, 0.2) is 0 Å². The van der Waals surface area contributed by atoms with E-state index in [1.807, 2.05) is 24.4 Å². The Labute approximate surface area is 112 Å². The molecule has 3 nitrogen and oxygen atoms in total. The van der Waals surface area contributed by atoms with Gasteiger partial charge >= 0.3 is 0 Å². The molecular weight excluding hydrogens is 234 g/mol. The third-order valence-corrected chi connectivity index (χ3v) is 3.34. The van der Waals surface area contributed by atoms with Gasteiger partial charge in [0.2, 0.25) is 0 Å². The van der Waals surface area contributed by atoms with Gasteiger partial charge in [-0.25, -0.2) is 0 Å². The second kappa shape index (κ2) is 4.78.